The lowest BCUT2D eigenvalue weighted by molar-refractivity contribution is -0.246. The first-order chi connectivity index (χ1) is 5.57. The van der Waals surface area contributed by atoms with Gasteiger partial charge in [0.15, 0.2) is 6.29 Å². The van der Waals surface area contributed by atoms with E-state index in [2.05, 4.69) is 0 Å². The molecule has 72 valence electrons. The number of ether oxygens (including phenoxy) is 1. The van der Waals surface area contributed by atoms with Crippen molar-refractivity contribution < 1.29 is 25.2 Å². The maximum atomic E-state index is 9.36. The summed E-state index contributed by atoms with van der Waals surface area (Å²) < 4.78 is 4.21. The highest BCUT2D eigenvalue weighted by molar-refractivity contribution is 14.1. The van der Waals surface area contributed by atoms with Crippen molar-refractivity contribution >= 4 is 22.6 Å². The van der Waals surface area contributed by atoms with Crippen LogP contribution in [-0.4, -0.2) is 55.6 Å². The molecular weight excluding hydrogens is 275 g/mol. The smallest absolute Gasteiger partial charge is 0.182 e. The number of rotatable bonds is 1. The van der Waals surface area contributed by atoms with Crippen molar-refractivity contribution in [2.75, 3.05) is 6.61 Å². The summed E-state index contributed by atoms with van der Waals surface area (Å²) in [4.78, 5) is 0. The topological polar surface area (TPSA) is 90.2 Å². The van der Waals surface area contributed by atoms with Gasteiger partial charge in [0.2, 0.25) is 0 Å². The number of hydrogen-bond donors (Lipinski definition) is 4. The SMILES string of the molecule is OC[C@H]1OC(O)[C@@H](O)[C@@H]([123I])[C@@H]1O. The molecule has 1 aliphatic heterocycles. The van der Waals surface area contributed by atoms with Gasteiger partial charge in [-0.15, -0.1) is 0 Å². The Kier molecular flexibility index (Phi) is 3.68. The first-order valence-corrected chi connectivity index (χ1v) is 4.77. The average Bonchev–Trinajstić information content (AvgIpc) is 2.08. The highest BCUT2D eigenvalue weighted by Gasteiger charge is 2.41. The molecule has 0 aromatic carbocycles. The van der Waals surface area contributed by atoms with Crippen LogP contribution in [0.4, 0.5) is 0 Å². The van der Waals surface area contributed by atoms with Crippen LogP contribution >= 0.6 is 22.6 Å². The standard InChI is InChI=1S/C6H11IO5/c7-3-4(9)2(1-8)12-6(11)5(3)10/h2-6,8-11H,1H2/t2-,3+,4-,5+,6?/m1/s1/i7-4. The second-order valence-electron chi connectivity index (χ2n) is 2.67. The average molecular weight is 286 g/mol. The van der Waals surface area contributed by atoms with Gasteiger partial charge in [0.25, 0.3) is 0 Å². The van der Waals surface area contributed by atoms with E-state index >= 15 is 0 Å². The second kappa shape index (κ2) is 4.16. The molecule has 0 spiro atoms. The van der Waals surface area contributed by atoms with E-state index < -0.39 is 28.5 Å². The van der Waals surface area contributed by atoms with Crippen LogP contribution in [0.15, 0.2) is 0 Å². The molecule has 0 aliphatic carbocycles. The van der Waals surface area contributed by atoms with Crippen LogP contribution in [0.5, 0.6) is 0 Å². The normalized spacial score (nSPS) is 49.2. The summed E-state index contributed by atoms with van der Waals surface area (Å²) >= 11 is 1.81. The van der Waals surface area contributed by atoms with E-state index in [-0.39, 0.29) is 6.61 Å². The lowest BCUT2D eigenvalue weighted by Gasteiger charge is -2.37. The summed E-state index contributed by atoms with van der Waals surface area (Å²) in [6, 6.07) is 0. The lowest BCUT2D eigenvalue weighted by atomic mass is 10.0. The van der Waals surface area contributed by atoms with Crippen LogP contribution in [0.2, 0.25) is 0 Å². The van der Waals surface area contributed by atoms with Crippen molar-refractivity contribution in [2.45, 2.75) is 28.5 Å². The molecule has 1 unspecified atom stereocenters. The van der Waals surface area contributed by atoms with Crippen molar-refractivity contribution in [3.05, 3.63) is 0 Å². The summed E-state index contributed by atoms with van der Waals surface area (Å²) in [5, 5.41) is 36.3. The van der Waals surface area contributed by atoms with Gasteiger partial charge in [-0.25, -0.2) is 0 Å². The zero-order valence-corrected chi connectivity index (χ0v) is 8.33. The van der Waals surface area contributed by atoms with Crippen molar-refractivity contribution in [3.8, 4) is 0 Å². The fourth-order valence-electron chi connectivity index (χ4n) is 1.06. The van der Waals surface area contributed by atoms with Crippen LogP contribution in [0.1, 0.15) is 0 Å². The Labute approximate surface area is 83.1 Å². The fourth-order valence-corrected chi connectivity index (χ4v) is 1.87. The Hall–Kier alpha value is 0.530. The third-order valence-corrected chi connectivity index (χ3v) is 3.29. The monoisotopic (exact) mass is 286 g/mol. The number of aliphatic hydroxyl groups is 4. The molecule has 1 aliphatic rings. The van der Waals surface area contributed by atoms with Crippen LogP contribution in [0, 0.1) is 0 Å². The largest absolute Gasteiger partial charge is 0.394 e. The molecule has 0 aromatic rings. The molecule has 5 atom stereocenters. The van der Waals surface area contributed by atoms with Gasteiger partial charge in [-0.05, 0) is 0 Å². The Morgan fingerprint density at radius 2 is 1.75 bits per heavy atom. The predicted molar refractivity (Wildman–Crippen MR) is 47.8 cm³/mol. The predicted octanol–water partition coefficient (Wildman–Crippen LogP) is -1.78. The Bertz CT molecular complexity index is 150. The molecule has 0 radical (unpaired) electrons. The van der Waals surface area contributed by atoms with E-state index in [0.29, 0.717) is 0 Å². The highest BCUT2D eigenvalue weighted by atomic mass is 123. The molecule has 0 aromatic heterocycles. The van der Waals surface area contributed by atoms with Crippen molar-refractivity contribution in [1.29, 1.82) is 0 Å². The van der Waals surface area contributed by atoms with Gasteiger partial charge in [0.05, 0.1) is 16.6 Å². The molecule has 1 heterocycles. The maximum absolute atomic E-state index is 9.36. The third-order valence-electron chi connectivity index (χ3n) is 1.82. The van der Waals surface area contributed by atoms with Gasteiger partial charge >= 0.3 is 0 Å². The number of hydrogen-bond acceptors (Lipinski definition) is 5. The van der Waals surface area contributed by atoms with Crippen LogP contribution in [0.3, 0.4) is 0 Å². The van der Waals surface area contributed by atoms with E-state index in [1.54, 1.807) is 0 Å². The minimum atomic E-state index is -1.33. The molecule has 5 nitrogen and oxygen atoms in total. The van der Waals surface area contributed by atoms with Gasteiger partial charge in [-0.1, -0.05) is 22.6 Å². The van der Waals surface area contributed by atoms with Crippen molar-refractivity contribution in [3.63, 3.8) is 0 Å². The first-order valence-electron chi connectivity index (χ1n) is 3.52. The summed E-state index contributed by atoms with van der Waals surface area (Å²) in [5.74, 6) is 0. The fraction of sp³-hybridized carbons (Fsp3) is 1.00. The van der Waals surface area contributed by atoms with Gasteiger partial charge in [0, 0.05) is 0 Å². The first kappa shape index (κ1) is 10.6. The zero-order chi connectivity index (χ0) is 9.30. The molecule has 1 rings (SSSR count). The van der Waals surface area contributed by atoms with Crippen molar-refractivity contribution in [2.24, 2.45) is 0 Å². The summed E-state index contributed by atoms with van der Waals surface area (Å²) in [5.41, 5.74) is 0. The van der Waals surface area contributed by atoms with Gasteiger partial charge < -0.3 is 25.2 Å². The van der Waals surface area contributed by atoms with Crippen LogP contribution in [-0.2, 0) is 4.74 Å². The van der Waals surface area contributed by atoms with Crippen LogP contribution in [0.25, 0.3) is 0 Å². The van der Waals surface area contributed by atoms with Crippen molar-refractivity contribution in [1.82, 2.24) is 0 Å². The quantitative estimate of drug-likeness (QED) is 0.338. The minimum absolute atomic E-state index is 0.371. The Morgan fingerprint density at radius 3 is 2.25 bits per heavy atom. The summed E-state index contributed by atoms with van der Waals surface area (Å²) in [7, 11) is 0. The van der Waals surface area contributed by atoms with E-state index in [1.807, 2.05) is 22.6 Å². The Morgan fingerprint density at radius 1 is 1.17 bits per heavy atom. The van der Waals surface area contributed by atoms with Gasteiger partial charge in [-0.2, -0.15) is 0 Å². The molecule has 12 heavy (non-hydrogen) atoms. The molecule has 6 heteroatoms. The van der Waals surface area contributed by atoms with Crippen LogP contribution < -0.4 is 0 Å². The number of alkyl halides is 1. The molecule has 0 saturated carbocycles. The van der Waals surface area contributed by atoms with Gasteiger partial charge in [-0.3, -0.25) is 0 Å². The molecule has 1 fully saturated rings. The lowest BCUT2D eigenvalue weighted by Crippen LogP contribution is -2.56. The second-order valence-corrected chi connectivity index (χ2v) is 4.11. The highest BCUT2D eigenvalue weighted by Crippen LogP contribution is 2.25. The van der Waals surface area contributed by atoms with E-state index in [4.69, 9.17) is 14.9 Å². The van der Waals surface area contributed by atoms with E-state index in [9.17, 15) is 10.2 Å². The van der Waals surface area contributed by atoms with E-state index in [1.165, 1.54) is 0 Å². The molecule has 1 saturated heterocycles. The summed E-state index contributed by atoms with van der Waals surface area (Å²) in [6.07, 6.45) is -4.20. The van der Waals surface area contributed by atoms with E-state index in [0.717, 1.165) is 0 Å². The number of aliphatic hydroxyl groups excluding tert-OH is 4. The maximum Gasteiger partial charge on any atom is 0.182 e. The Balaban J connectivity index is 2.63. The molecule has 0 bridgehead atoms. The van der Waals surface area contributed by atoms with Gasteiger partial charge in [0.1, 0.15) is 12.2 Å². The summed E-state index contributed by atoms with van der Waals surface area (Å²) in [6.45, 7) is -0.371. The molecule has 4 N–H and O–H groups in total. The minimum Gasteiger partial charge on any atom is -0.394 e. The molecular formula is C6H11IO5. The third kappa shape index (κ3) is 1.88. The zero-order valence-electron chi connectivity index (χ0n) is 6.17. The molecule has 0 amide bonds. The number of halogens is 1.